The number of nitrogens with two attached hydrogens (primary N) is 1. The Hall–Kier alpha value is -1.20. The molecule has 112 valence electrons. The lowest BCUT2D eigenvalue weighted by atomic mass is 10.1. The quantitative estimate of drug-likeness (QED) is 0.932. The minimum absolute atomic E-state index is 0. The maximum Gasteiger partial charge on any atom is 0.349 e. The first-order valence-corrected chi connectivity index (χ1v) is 6.41. The van der Waals surface area contributed by atoms with Crippen molar-refractivity contribution < 1.29 is 13.6 Å². The van der Waals surface area contributed by atoms with Crippen LogP contribution in [-0.4, -0.2) is 29.9 Å². The Morgan fingerprint density at radius 2 is 2.00 bits per heavy atom. The molecule has 1 saturated heterocycles. The molecule has 1 fully saturated rings. The van der Waals surface area contributed by atoms with E-state index in [0.717, 1.165) is 0 Å². The van der Waals surface area contributed by atoms with Crippen LogP contribution in [0.25, 0.3) is 0 Å². The van der Waals surface area contributed by atoms with Gasteiger partial charge in [-0.25, -0.2) is 0 Å². The van der Waals surface area contributed by atoms with Gasteiger partial charge in [-0.15, -0.1) is 12.4 Å². The van der Waals surface area contributed by atoms with E-state index in [9.17, 15) is 13.6 Å². The normalized spacial score (nSPS) is 22.5. The Kier molecular flexibility index (Phi) is 5.48. The number of alkyl halides is 2. The van der Waals surface area contributed by atoms with Crippen molar-refractivity contribution in [3.8, 4) is 0 Å². The molecule has 1 aliphatic heterocycles. The van der Waals surface area contributed by atoms with Gasteiger partial charge in [0.2, 0.25) is 0 Å². The van der Waals surface area contributed by atoms with Crippen LogP contribution in [0.1, 0.15) is 18.9 Å². The number of hydrogen-bond donors (Lipinski definition) is 1. The third-order valence-electron chi connectivity index (χ3n) is 3.66. The predicted molar refractivity (Wildman–Crippen MR) is 75.9 cm³/mol. The lowest BCUT2D eigenvalue weighted by Gasteiger charge is -2.26. The zero-order chi connectivity index (χ0) is 14.0. The van der Waals surface area contributed by atoms with E-state index in [2.05, 4.69) is 0 Å². The summed E-state index contributed by atoms with van der Waals surface area (Å²) in [6.07, 6.45) is 0.688. The average Bonchev–Trinajstić information content (AvgIpc) is 2.80. The topological polar surface area (TPSA) is 46.3 Å². The second-order valence-corrected chi connectivity index (χ2v) is 5.08. The van der Waals surface area contributed by atoms with E-state index in [1.54, 1.807) is 13.0 Å². The number of rotatable bonds is 3. The van der Waals surface area contributed by atoms with Crippen LogP contribution in [0.4, 0.5) is 8.78 Å². The van der Waals surface area contributed by atoms with Crippen molar-refractivity contribution in [2.45, 2.75) is 25.3 Å². The summed E-state index contributed by atoms with van der Waals surface area (Å²) in [4.78, 5) is 13.3. The molecule has 1 aromatic carbocycles. The second kappa shape index (κ2) is 6.50. The molecule has 1 aliphatic rings. The Bertz CT molecular complexity index is 456. The van der Waals surface area contributed by atoms with Crippen LogP contribution in [0.2, 0.25) is 0 Å². The standard InChI is InChI=1S/C14H18F2N2O.ClH/c1-10-7-11(8-17)9-18(10)13(19)14(15,16)12-5-3-2-4-6-12;/h2-6,10-11H,7-9,17H2,1H3;1H. The second-order valence-electron chi connectivity index (χ2n) is 5.08. The van der Waals surface area contributed by atoms with Gasteiger partial charge in [-0.3, -0.25) is 4.79 Å². The molecule has 0 aromatic heterocycles. The van der Waals surface area contributed by atoms with Crippen molar-refractivity contribution in [2.75, 3.05) is 13.1 Å². The lowest BCUT2D eigenvalue weighted by Crippen LogP contribution is -2.44. The molecule has 0 radical (unpaired) electrons. The Labute approximate surface area is 123 Å². The number of hydrogen-bond acceptors (Lipinski definition) is 2. The molecule has 1 amide bonds. The van der Waals surface area contributed by atoms with Crippen LogP contribution in [0.15, 0.2) is 30.3 Å². The molecule has 2 N–H and O–H groups in total. The summed E-state index contributed by atoms with van der Waals surface area (Å²) < 4.78 is 28.4. The first-order chi connectivity index (χ1) is 8.96. The molecule has 20 heavy (non-hydrogen) atoms. The molecule has 2 unspecified atom stereocenters. The van der Waals surface area contributed by atoms with Gasteiger partial charge in [-0.2, -0.15) is 8.78 Å². The van der Waals surface area contributed by atoms with Gasteiger partial charge in [0.15, 0.2) is 0 Å². The van der Waals surface area contributed by atoms with E-state index in [1.165, 1.54) is 29.2 Å². The third kappa shape index (κ3) is 3.10. The lowest BCUT2D eigenvalue weighted by molar-refractivity contribution is -0.159. The zero-order valence-electron chi connectivity index (χ0n) is 11.3. The highest BCUT2D eigenvalue weighted by Crippen LogP contribution is 2.34. The van der Waals surface area contributed by atoms with Crippen LogP contribution in [0.5, 0.6) is 0 Å². The fourth-order valence-corrected chi connectivity index (χ4v) is 2.55. The van der Waals surface area contributed by atoms with Gasteiger partial charge < -0.3 is 10.6 Å². The molecule has 6 heteroatoms. The van der Waals surface area contributed by atoms with E-state index >= 15 is 0 Å². The van der Waals surface area contributed by atoms with Crippen molar-refractivity contribution in [1.29, 1.82) is 0 Å². The summed E-state index contributed by atoms with van der Waals surface area (Å²) in [7, 11) is 0. The number of halogens is 3. The molecule has 3 nitrogen and oxygen atoms in total. The first-order valence-electron chi connectivity index (χ1n) is 6.41. The maximum absolute atomic E-state index is 14.2. The number of amides is 1. The molecule has 0 bridgehead atoms. The summed E-state index contributed by atoms with van der Waals surface area (Å²) in [6, 6.07) is 7.03. The summed E-state index contributed by atoms with van der Waals surface area (Å²) in [6.45, 7) is 2.53. The Morgan fingerprint density at radius 1 is 1.40 bits per heavy atom. The number of benzene rings is 1. The van der Waals surface area contributed by atoms with Gasteiger partial charge in [-0.05, 0) is 25.8 Å². The van der Waals surface area contributed by atoms with Gasteiger partial charge in [-0.1, -0.05) is 30.3 Å². The molecule has 1 aromatic rings. The molecular weight excluding hydrogens is 286 g/mol. The summed E-state index contributed by atoms with van der Waals surface area (Å²) in [5, 5.41) is 0. The molecule has 0 spiro atoms. The highest BCUT2D eigenvalue weighted by molar-refractivity contribution is 5.85. The predicted octanol–water partition coefficient (Wildman–Crippen LogP) is 2.40. The van der Waals surface area contributed by atoms with E-state index in [0.29, 0.717) is 19.5 Å². The van der Waals surface area contributed by atoms with Gasteiger partial charge >= 0.3 is 5.92 Å². The van der Waals surface area contributed by atoms with Crippen molar-refractivity contribution in [3.63, 3.8) is 0 Å². The number of carbonyl (C=O) groups excluding carboxylic acids is 1. The molecular formula is C14H19ClF2N2O. The monoisotopic (exact) mass is 304 g/mol. The first kappa shape index (κ1) is 16.9. The summed E-state index contributed by atoms with van der Waals surface area (Å²) in [5.74, 6) is -4.48. The number of nitrogens with zero attached hydrogens (tertiary/aromatic N) is 1. The van der Waals surface area contributed by atoms with Gasteiger partial charge in [0.05, 0.1) is 0 Å². The van der Waals surface area contributed by atoms with Gasteiger partial charge in [0, 0.05) is 18.2 Å². The van der Waals surface area contributed by atoms with Crippen LogP contribution >= 0.6 is 12.4 Å². The molecule has 1 heterocycles. The summed E-state index contributed by atoms with van der Waals surface area (Å²) >= 11 is 0. The Morgan fingerprint density at radius 3 is 2.50 bits per heavy atom. The smallest absolute Gasteiger partial charge is 0.334 e. The van der Waals surface area contributed by atoms with E-state index in [4.69, 9.17) is 5.73 Å². The number of carbonyl (C=O) groups is 1. The fourth-order valence-electron chi connectivity index (χ4n) is 2.55. The molecule has 0 saturated carbocycles. The summed E-state index contributed by atoms with van der Waals surface area (Å²) in [5.41, 5.74) is 5.29. The molecule has 0 aliphatic carbocycles. The van der Waals surface area contributed by atoms with E-state index < -0.39 is 11.8 Å². The third-order valence-corrected chi connectivity index (χ3v) is 3.66. The van der Waals surface area contributed by atoms with E-state index in [1.807, 2.05) is 0 Å². The van der Waals surface area contributed by atoms with Crippen molar-refractivity contribution in [3.05, 3.63) is 35.9 Å². The number of likely N-dealkylation sites (tertiary alicyclic amines) is 1. The highest BCUT2D eigenvalue weighted by atomic mass is 35.5. The largest absolute Gasteiger partial charge is 0.349 e. The van der Waals surface area contributed by atoms with Crippen molar-refractivity contribution >= 4 is 18.3 Å². The Balaban J connectivity index is 0.00000200. The average molecular weight is 305 g/mol. The fraction of sp³-hybridized carbons (Fsp3) is 0.500. The minimum atomic E-state index is -3.47. The highest BCUT2D eigenvalue weighted by Gasteiger charge is 2.47. The van der Waals surface area contributed by atoms with Crippen LogP contribution in [-0.2, 0) is 10.7 Å². The zero-order valence-corrected chi connectivity index (χ0v) is 12.1. The minimum Gasteiger partial charge on any atom is -0.334 e. The van der Waals surface area contributed by atoms with Crippen molar-refractivity contribution in [1.82, 2.24) is 4.90 Å². The van der Waals surface area contributed by atoms with Gasteiger partial charge in [0.1, 0.15) is 0 Å². The maximum atomic E-state index is 14.2. The van der Waals surface area contributed by atoms with Crippen LogP contribution < -0.4 is 5.73 Å². The van der Waals surface area contributed by atoms with E-state index in [-0.39, 0.29) is 29.9 Å². The SMILES string of the molecule is CC1CC(CN)CN1C(=O)C(F)(F)c1ccccc1.Cl. The van der Waals surface area contributed by atoms with Gasteiger partial charge in [0.25, 0.3) is 5.91 Å². The van der Waals surface area contributed by atoms with Crippen molar-refractivity contribution in [2.24, 2.45) is 11.7 Å². The molecule has 2 rings (SSSR count). The molecule has 2 atom stereocenters. The van der Waals surface area contributed by atoms with Crippen LogP contribution in [0, 0.1) is 5.92 Å². The van der Waals surface area contributed by atoms with Crippen LogP contribution in [0.3, 0.4) is 0 Å².